The molecule has 6 N–H and O–H groups in total. The van der Waals surface area contributed by atoms with Crippen molar-refractivity contribution in [3.63, 3.8) is 0 Å². The SMILES string of the molecule is COC(=O)Nc1ccc(-c2nc([C@@H]3CC(C4CCN(S(C)(=O)=O)CC4)CN3C(=O)c3ccc(N=C(N)N)cc3)[nH]c2Cl)cc1. The van der Waals surface area contributed by atoms with E-state index < -0.39 is 16.1 Å². The fourth-order valence-corrected chi connectivity index (χ4v) is 7.09. The van der Waals surface area contributed by atoms with Gasteiger partial charge in [0.1, 0.15) is 16.7 Å². The van der Waals surface area contributed by atoms with Gasteiger partial charge in [0.05, 0.1) is 25.1 Å². The predicted octanol–water partition coefficient (Wildman–Crippen LogP) is 3.69. The van der Waals surface area contributed by atoms with E-state index in [-0.39, 0.29) is 29.7 Å². The molecule has 2 amide bonds. The third-order valence-electron chi connectivity index (χ3n) is 8.18. The lowest BCUT2D eigenvalue weighted by Crippen LogP contribution is -2.40. The van der Waals surface area contributed by atoms with Crippen LogP contribution in [0.3, 0.4) is 0 Å². The Bertz CT molecular complexity index is 1650. The molecule has 2 aliphatic rings. The Hall–Kier alpha value is -4.14. The molecule has 1 aromatic heterocycles. The number of methoxy groups -OCH3 is 1. The van der Waals surface area contributed by atoms with Gasteiger partial charge in [-0.2, -0.15) is 0 Å². The molecule has 2 atom stereocenters. The molecule has 3 heterocycles. The summed E-state index contributed by atoms with van der Waals surface area (Å²) in [6, 6.07) is 13.3. The van der Waals surface area contributed by atoms with E-state index in [2.05, 4.69) is 20.0 Å². The molecule has 0 spiro atoms. The zero-order valence-electron chi connectivity index (χ0n) is 24.4. The summed E-state index contributed by atoms with van der Waals surface area (Å²) < 4.78 is 30.3. The van der Waals surface area contributed by atoms with Gasteiger partial charge in [-0.15, -0.1) is 0 Å². The summed E-state index contributed by atoms with van der Waals surface area (Å²) >= 11 is 6.65. The van der Waals surface area contributed by atoms with Crippen molar-refractivity contribution in [2.45, 2.75) is 25.3 Å². The zero-order chi connectivity index (χ0) is 31.6. The second-order valence-electron chi connectivity index (χ2n) is 11.0. The quantitative estimate of drug-likeness (QED) is 0.222. The molecule has 2 saturated heterocycles. The highest BCUT2D eigenvalue weighted by molar-refractivity contribution is 7.88. The maximum atomic E-state index is 13.9. The van der Waals surface area contributed by atoms with E-state index in [9.17, 15) is 18.0 Å². The molecule has 2 fully saturated rings. The van der Waals surface area contributed by atoms with Gasteiger partial charge >= 0.3 is 6.09 Å². The lowest BCUT2D eigenvalue weighted by Gasteiger charge is -2.33. The number of piperidine rings is 1. The van der Waals surface area contributed by atoms with Crippen LogP contribution in [0.2, 0.25) is 5.15 Å². The Morgan fingerprint density at radius 2 is 1.73 bits per heavy atom. The van der Waals surface area contributed by atoms with Crippen LogP contribution in [-0.2, 0) is 14.8 Å². The second kappa shape index (κ2) is 12.8. The second-order valence-corrected chi connectivity index (χ2v) is 13.4. The summed E-state index contributed by atoms with van der Waals surface area (Å²) in [6.07, 6.45) is 2.74. The Morgan fingerprint density at radius 1 is 1.07 bits per heavy atom. The fraction of sp³-hybridized carbons (Fsp3) is 0.379. The van der Waals surface area contributed by atoms with Gasteiger partial charge in [0.2, 0.25) is 10.0 Å². The molecule has 2 aliphatic heterocycles. The Morgan fingerprint density at radius 3 is 2.32 bits per heavy atom. The minimum absolute atomic E-state index is 0.0756. The minimum Gasteiger partial charge on any atom is -0.453 e. The van der Waals surface area contributed by atoms with Crippen LogP contribution in [0.1, 0.15) is 41.5 Å². The molecule has 2 aromatic carbocycles. The van der Waals surface area contributed by atoms with Gasteiger partial charge in [-0.25, -0.2) is 27.5 Å². The predicted molar refractivity (Wildman–Crippen MR) is 168 cm³/mol. The molecule has 234 valence electrons. The summed E-state index contributed by atoms with van der Waals surface area (Å²) in [7, 11) is -1.96. The number of carbonyl (C=O) groups excluding carboxylic acids is 2. The summed E-state index contributed by atoms with van der Waals surface area (Å²) in [4.78, 5) is 39.3. The highest BCUT2D eigenvalue weighted by Gasteiger charge is 2.42. The third-order valence-corrected chi connectivity index (χ3v) is 9.76. The largest absolute Gasteiger partial charge is 0.453 e. The first-order valence-corrected chi connectivity index (χ1v) is 16.3. The number of sulfonamides is 1. The molecule has 44 heavy (non-hydrogen) atoms. The van der Waals surface area contributed by atoms with Gasteiger partial charge in [-0.1, -0.05) is 23.7 Å². The van der Waals surface area contributed by atoms with Gasteiger partial charge in [0, 0.05) is 36.4 Å². The number of rotatable bonds is 7. The number of hydrogen-bond donors (Lipinski definition) is 4. The number of nitrogens with zero attached hydrogens (tertiary/aromatic N) is 4. The van der Waals surface area contributed by atoms with Crippen LogP contribution >= 0.6 is 11.6 Å². The van der Waals surface area contributed by atoms with Crippen molar-refractivity contribution < 1.29 is 22.7 Å². The number of H-pyrrole nitrogens is 1. The number of guanidine groups is 1. The summed E-state index contributed by atoms with van der Waals surface area (Å²) in [6.45, 7) is 1.41. The van der Waals surface area contributed by atoms with E-state index in [0.29, 0.717) is 59.7 Å². The molecule has 0 bridgehead atoms. The number of nitrogens with two attached hydrogens (primary N) is 2. The molecular weight excluding hydrogens is 608 g/mol. The first kappa shape index (κ1) is 31.3. The monoisotopic (exact) mass is 642 g/mol. The van der Waals surface area contributed by atoms with Gasteiger partial charge < -0.3 is 26.1 Å². The number of aromatic nitrogens is 2. The number of carbonyl (C=O) groups is 2. The number of aromatic amines is 1. The normalized spacial score (nSPS) is 19.5. The topological polar surface area (TPSA) is 189 Å². The number of halogens is 1. The smallest absolute Gasteiger partial charge is 0.411 e. The number of imidazole rings is 1. The van der Waals surface area contributed by atoms with Crippen molar-refractivity contribution in [1.82, 2.24) is 19.2 Å². The van der Waals surface area contributed by atoms with E-state index in [1.165, 1.54) is 17.7 Å². The van der Waals surface area contributed by atoms with Crippen LogP contribution in [0.25, 0.3) is 11.3 Å². The fourth-order valence-electron chi connectivity index (χ4n) is 5.96. The first-order valence-electron chi connectivity index (χ1n) is 14.1. The number of benzene rings is 2. The van der Waals surface area contributed by atoms with Crippen LogP contribution in [0.5, 0.6) is 0 Å². The number of amides is 2. The number of likely N-dealkylation sites (tertiary alicyclic amines) is 1. The van der Waals surface area contributed by atoms with Crippen molar-refractivity contribution >= 4 is 51.0 Å². The van der Waals surface area contributed by atoms with Crippen LogP contribution in [0, 0.1) is 11.8 Å². The molecule has 15 heteroatoms. The molecule has 1 unspecified atom stereocenters. The van der Waals surface area contributed by atoms with E-state index in [1.807, 2.05) is 4.90 Å². The van der Waals surface area contributed by atoms with Gasteiger partial charge in [0.15, 0.2) is 5.96 Å². The highest BCUT2D eigenvalue weighted by Crippen LogP contribution is 2.43. The van der Waals surface area contributed by atoms with Crippen LogP contribution in [0.4, 0.5) is 16.2 Å². The highest BCUT2D eigenvalue weighted by atomic mass is 35.5. The number of aliphatic imine (C=N–C) groups is 1. The number of ether oxygens (including phenoxy) is 1. The lowest BCUT2D eigenvalue weighted by atomic mass is 9.83. The van der Waals surface area contributed by atoms with Crippen LogP contribution in [-0.4, -0.2) is 78.6 Å². The Kier molecular flexibility index (Phi) is 9.13. The number of nitrogens with one attached hydrogen (secondary N) is 2. The van der Waals surface area contributed by atoms with Crippen molar-refractivity contribution in [1.29, 1.82) is 0 Å². The van der Waals surface area contributed by atoms with Crippen LogP contribution < -0.4 is 16.8 Å². The molecular formula is C29H35ClN8O5S. The third kappa shape index (κ3) is 6.98. The van der Waals surface area contributed by atoms with E-state index in [1.54, 1.807) is 48.5 Å². The zero-order valence-corrected chi connectivity index (χ0v) is 25.9. The van der Waals surface area contributed by atoms with Crippen LogP contribution in [0.15, 0.2) is 53.5 Å². The molecule has 3 aromatic rings. The summed E-state index contributed by atoms with van der Waals surface area (Å²) in [5.74, 6) is 0.700. The average Bonchev–Trinajstić information content (AvgIpc) is 3.61. The van der Waals surface area contributed by atoms with E-state index >= 15 is 0 Å². The van der Waals surface area contributed by atoms with Gasteiger partial charge in [0.25, 0.3) is 5.91 Å². The summed E-state index contributed by atoms with van der Waals surface area (Å²) in [5, 5.41) is 2.93. The van der Waals surface area contributed by atoms with Crippen molar-refractivity contribution in [2.24, 2.45) is 28.3 Å². The number of anilines is 1. The lowest BCUT2D eigenvalue weighted by molar-refractivity contribution is 0.0720. The minimum atomic E-state index is -3.25. The van der Waals surface area contributed by atoms with Crippen molar-refractivity contribution in [3.05, 3.63) is 65.1 Å². The molecule has 5 rings (SSSR count). The maximum absolute atomic E-state index is 13.9. The molecule has 0 aliphatic carbocycles. The molecule has 0 saturated carbocycles. The van der Waals surface area contributed by atoms with Gasteiger partial charge in [-0.3, -0.25) is 10.1 Å². The maximum Gasteiger partial charge on any atom is 0.411 e. The Balaban J connectivity index is 1.41. The van der Waals surface area contributed by atoms with E-state index in [4.69, 9.17) is 28.1 Å². The van der Waals surface area contributed by atoms with Gasteiger partial charge in [-0.05, 0) is 67.5 Å². The molecule has 0 radical (unpaired) electrons. The van der Waals surface area contributed by atoms with E-state index in [0.717, 1.165) is 18.4 Å². The number of hydrogen-bond acceptors (Lipinski definition) is 7. The molecule has 13 nitrogen and oxygen atoms in total. The Labute approximate surface area is 260 Å². The first-order chi connectivity index (χ1) is 20.9. The van der Waals surface area contributed by atoms with Crippen molar-refractivity contribution in [2.75, 3.05) is 38.3 Å². The average molecular weight is 643 g/mol. The summed E-state index contributed by atoms with van der Waals surface area (Å²) in [5.41, 5.74) is 13.8. The van der Waals surface area contributed by atoms with Crippen molar-refractivity contribution in [3.8, 4) is 11.3 Å². The standard InChI is InChI=1S/C29H35ClN8O5S/c1-43-29(40)34-22-7-3-18(4-8-22)24-25(30)36-26(35-24)23-15-20(17-11-13-37(14-12-17)44(2,41)42)16-38(23)27(39)19-5-9-21(10-6-19)33-28(31)32/h3-10,17,20,23H,11-16H2,1-2H3,(H,34,40)(H,35,36)(H4,31,32,33)/t20?,23-/m0/s1.